The summed E-state index contributed by atoms with van der Waals surface area (Å²) in [5.41, 5.74) is 1.30. The molecule has 2 N–H and O–H groups in total. The standard InChI is InChI=1S/C21H17ClN2O7/c1-11-13-3-2-4-14(22)19(13)31-18(11)20(26)30-10-17(25)24-21(27)23-12-5-6-15-16(9-12)29-8-7-28-15/h2-6,9H,7-8,10H2,1H3,(H2,23,24,25,27). The molecule has 31 heavy (non-hydrogen) atoms. The highest BCUT2D eigenvalue weighted by Gasteiger charge is 2.21. The first-order valence-electron chi connectivity index (χ1n) is 9.27. The minimum absolute atomic E-state index is 0.0587. The number of imide groups is 1. The Morgan fingerprint density at radius 1 is 1.10 bits per heavy atom. The number of fused-ring (bicyclic) bond motifs is 2. The van der Waals surface area contributed by atoms with Crippen LogP contribution in [-0.4, -0.2) is 37.7 Å². The van der Waals surface area contributed by atoms with Crippen molar-refractivity contribution < 1.29 is 33.0 Å². The van der Waals surface area contributed by atoms with Crippen molar-refractivity contribution in [1.82, 2.24) is 5.32 Å². The summed E-state index contributed by atoms with van der Waals surface area (Å²) in [6, 6.07) is 9.17. The lowest BCUT2D eigenvalue weighted by atomic mass is 10.1. The molecule has 1 aromatic heterocycles. The summed E-state index contributed by atoms with van der Waals surface area (Å²) in [4.78, 5) is 36.3. The van der Waals surface area contributed by atoms with Crippen LogP contribution in [-0.2, 0) is 9.53 Å². The Balaban J connectivity index is 1.32. The van der Waals surface area contributed by atoms with Gasteiger partial charge in [0.25, 0.3) is 5.91 Å². The van der Waals surface area contributed by atoms with Crippen LogP contribution < -0.4 is 20.1 Å². The van der Waals surface area contributed by atoms with E-state index in [1.165, 1.54) is 0 Å². The van der Waals surface area contributed by atoms with E-state index in [4.69, 9.17) is 30.2 Å². The number of rotatable bonds is 4. The molecule has 1 aliphatic rings. The highest BCUT2D eigenvalue weighted by atomic mass is 35.5. The number of nitrogens with one attached hydrogen (secondary N) is 2. The highest BCUT2D eigenvalue weighted by Crippen LogP contribution is 2.33. The number of hydrogen-bond acceptors (Lipinski definition) is 7. The summed E-state index contributed by atoms with van der Waals surface area (Å²) >= 11 is 6.07. The third kappa shape index (κ3) is 4.41. The van der Waals surface area contributed by atoms with Crippen molar-refractivity contribution in [2.75, 3.05) is 25.1 Å². The third-order valence-electron chi connectivity index (χ3n) is 4.49. The van der Waals surface area contributed by atoms with Crippen LogP contribution in [0.2, 0.25) is 5.02 Å². The molecule has 2 aromatic carbocycles. The van der Waals surface area contributed by atoms with Crippen molar-refractivity contribution in [2.45, 2.75) is 6.92 Å². The van der Waals surface area contributed by atoms with Gasteiger partial charge >= 0.3 is 12.0 Å². The highest BCUT2D eigenvalue weighted by molar-refractivity contribution is 6.35. The van der Waals surface area contributed by atoms with Gasteiger partial charge in [0.05, 0.1) is 5.02 Å². The topological polar surface area (TPSA) is 116 Å². The number of ether oxygens (including phenoxy) is 3. The largest absolute Gasteiger partial charge is 0.486 e. The van der Waals surface area contributed by atoms with Crippen LogP contribution in [0, 0.1) is 6.92 Å². The predicted molar refractivity (Wildman–Crippen MR) is 111 cm³/mol. The summed E-state index contributed by atoms with van der Waals surface area (Å²) in [5.74, 6) is -0.646. The van der Waals surface area contributed by atoms with Gasteiger partial charge in [-0.25, -0.2) is 9.59 Å². The van der Waals surface area contributed by atoms with Crippen molar-refractivity contribution in [3.8, 4) is 11.5 Å². The average Bonchev–Trinajstić information content (AvgIpc) is 3.10. The molecule has 0 spiro atoms. The van der Waals surface area contributed by atoms with Gasteiger partial charge in [0.1, 0.15) is 13.2 Å². The number of benzene rings is 2. The average molecular weight is 445 g/mol. The minimum atomic E-state index is -0.841. The maximum atomic E-state index is 12.3. The van der Waals surface area contributed by atoms with Crippen LogP contribution in [0.4, 0.5) is 10.5 Å². The van der Waals surface area contributed by atoms with Crippen LogP contribution in [0.15, 0.2) is 40.8 Å². The summed E-state index contributed by atoms with van der Waals surface area (Å²) in [6.07, 6.45) is 0. The minimum Gasteiger partial charge on any atom is -0.486 e. The second kappa shape index (κ2) is 8.57. The predicted octanol–water partition coefficient (Wildman–Crippen LogP) is 3.67. The fourth-order valence-corrected chi connectivity index (χ4v) is 3.26. The first-order valence-corrected chi connectivity index (χ1v) is 9.65. The molecule has 0 saturated carbocycles. The number of hydrogen-bond donors (Lipinski definition) is 2. The van der Waals surface area contributed by atoms with Gasteiger partial charge < -0.3 is 23.9 Å². The number of amides is 3. The van der Waals surface area contributed by atoms with Crippen molar-refractivity contribution in [3.63, 3.8) is 0 Å². The second-order valence-corrected chi connectivity index (χ2v) is 7.02. The first kappa shape index (κ1) is 20.5. The Morgan fingerprint density at radius 3 is 2.65 bits per heavy atom. The van der Waals surface area contributed by atoms with Gasteiger partial charge in [0, 0.05) is 22.7 Å². The normalized spacial score (nSPS) is 12.3. The van der Waals surface area contributed by atoms with Gasteiger partial charge in [0.2, 0.25) is 5.76 Å². The molecule has 3 aromatic rings. The maximum absolute atomic E-state index is 12.3. The van der Waals surface area contributed by atoms with Crippen molar-refractivity contribution in [1.29, 1.82) is 0 Å². The van der Waals surface area contributed by atoms with Gasteiger partial charge in [-0.15, -0.1) is 0 Å². The molecule has 1 aliphatic heterocycles. The lowest BCUT2D eigenvalue weighted by molar-refractivity contribution is -0.123. The fraction of sp³-hybridized carbons (Fsp3) is 0.190. The Hall–Kier alpha value is -3.72. The number of carbonyl (C=O) groups excluding carboxylic acids is 3. The summed E-state index contributed by atoms with van der Waals surface area (Å²) < 4.78 is 21.3. The number of para-hydroxylation sites is 1. The Morgan fingerprint density at radius 2 is 1.87 bits per heavy atom. The lowest BCUT2D eigenvalue weighted by Crippen LogP contribution is -2.37. The number of urea groups is 1. The first-order chi connectivity index (χ1) is 14.9. The smallest absolute Gasteiger partial charge is 0.375 e. The number of anilines is 1. The second-order valence-electron chi connectivity index (χ2n) is 6.61. The molecule has 0 saturated heterocycles. The van der Waals surface area contributed by atoms with Gasteiger partial charge in [-0.2, -0.15) is 0 Å². The number of esters is 1. The third-order valence-corrected chi connectivity index (χ3v) is 4.79. The Kier molecular flexibility index (Phi) is 5.68. The van der Waals surface area contributed by atoms with E-state index in [0.717, 1.165) is 0 Å². The molecule has 0 unspecified atom stereocenters. The quantitative estimate of drug-likeness (QED) is 0.589. The van der Waals surface area contributed by atoms with Gasteiger partial charge in [-0.05, 0) is 25.1 Å². The van der Waals surface area contributed by atoms with Gasteiger partial charge in [0.15, 0.2) is 23.7 Å². The zero-order valence-electron chi connectivity index (χ0n) is 16.3. The van der Waals surface area contributed by atoms with Crippen LogP contribution in [0.25, 0.3) is 11.0 Å². The molecule has 4 rings (SSSR count). The molecule has 0 bridgehead atoms. The fourth-order valence-electron chi connectivity index (χ4n) is 3.05. The van der Waals surface area contributed by atoms with E-state index in [1.807, 2.05) is 0 Å². The van der Waals surface area contributed by atoms with Crippen LogP contribution in [0.5, 0.6) is 11.5 Å². The zero-order valence-corrected chi connectivity index (χ0v) is 17.1. The number of aryl methyl sites for hydroxylation is 1. The van der Waals surface area contributed by atoms with Crippen molar-refractivity contribution in [3.05, 3.63) is 52.7 Å². The molecular weight excluding hydrogens is 428 g/mol. The number of halogens is 1. The van der Waals surface area contributed by atoms with Crippen LogP contribution >= 0.6 is 11.6 Å². The van der Waals surface area contributed by atoms with E-state index in [9.17, 15) is 14.4 Å². The zero-order chi connectivity index (χ0) is 22.0. The van der Waals surface area contributed by atoms with Crippen LogP contribution in [0.1, 0.15) is 16.1 Å². The Bertz CT molecular complexity index is 1190. The molecule has 3 amide bonds. The van der Waals surface area contributed by atoms with E-state index in [1.54, 1.807) is 43.3 Å². The van der Waals surface area contributed by atoms with Gasteiger partial charge in [-0.1, -0.05) is 23.7 Å². The van der Waals surface area contributed by atoms with E-state index in [-0.39, 0.29) is 5.76 Å². The summed E-state index contributed by atoms with van der Waals surface area (Å²) in [6.45, 7) is 1.87. The molecule has 9 nitrogen and oxygen atoms in total. The molecule has 0 fully saturated rings. The molecule has 0 radical (unpaired) electrons. The lowest BCUT2D eigenvalue weighted by Gasteiger charge is -2.19. The maximum Gasteiger partial charge on any atom is 0.375 e. The van der Waals surface area contributed by atoms with Crippen molar-refractivity contribution in [2.24, 2.45) is 0 Å². The molecule has 160 valence electrons. The van der Waals surface area contributed by atoms with E-state index in [0.29, 0.717) is 52.0 Å². The molecule has 0 aliphatic carbocycles. The SMILES string of the molecule is Cc1c(C(=O)OCC(=O)NC(=O)Nc2ccc3c(c2)OCCO3)oc2c(Cl)cccc12. The van der Waals surface area contributed by atoms with E-state index >= 15 is 0 Å². The monoisotopic (exact) mass is 444 g/mol. The van der Waals surface area contributed by atoms with Crippen molar-refractivity contribution >= 4 is 46.2 Å². The Labute approximate surface area is 181 Å². The summed E-state index contributed by atoms with van der Waals surface area (Å²) in [5, 5.41) is 5.59. The van der Waals surface area contributed by atoms with E-state index in [2.05, 4.69) is 10.6 Å². The molecule has 0 atom stereocenters. The number of furan rings is 1. The van der Waals surface area contributed by atoms with Gasteiger partial charge in [-0.3, -0.25) is 10.1 Å². The van der Waals surface area contributed by atoms with Crippen LogP contribution in [0.3, 0.4) is 0 Å². The summed E-state index contributed by atoms with van der Waals surface area (Å²) in [7, 11) is 0. The molecule has 10 heteroatoms. The molecular formula is C21H17ClN2O7. The number of carbonyl (C=O) groups is 3. The molecule has 2 heterocycles. The van der Waals surface area contributed by atoms with E-state index < -0.39 is 24.5 Å².